The Morgan fingerprint density at radius 3 is 2.76 bits per heavy atom. The number of aliphatic carboxylic acids is 1. The monoisotopic (exact) mass is 295 g/mol. The fourth-order valence-corrected chi connectivity index (χ4v) is 2.97. The van der Waals surface area contributed by atoms with Gasteiger partial charge in [-0.15, -0.1) is 0 Å². The molecule has 6 nitrogen and oxygen atoms in total. The maximum Gasteiger partial charge on any atom is 0.306 e. The quantitative estimate of drug-likeness (QED) is 0.704. The van der Waals surface area contributed by atoms with Crippen molar-refractivity contribution in [3.05, 3.63) is 18.2 Å². The van der Waals surface area contributed by atoms with Crippen LogP contribution in [0.15, 0.2) is 12.5 Å². The lowest BCUT2D eigenvalue weighted by atomic mass is 9.93. The van der Waals surface area contributed by atoms with Gasteiger partial charge in [0.2, 0.25) is 0 Å². The van der Waals surface area contributed by atoms with Crippen molar-refractivity contribution in [1.29, 1.82) is 0 Å². The molecule has 21 heavy (non-hydrogen) atoms. The number of carbonyl (C=O) groups is 1. The van der Waals surface area contributed by atoms with Crippen molar-refractivity contribution in [3.8, 4) is 0 Å². The number of nitrogens with zero attached hydrogens (tertiary/aromatic N) is 2. The lowest BCUT2D eigenvalue weighted by Gasteiger charge is -2.26. The summed E-state index contributed by atoms with van der Waals surface area (Å²) in [6, 6.07) is 0.377. The Kier molecular flexibility index (Phi) is 5.76. The average Bonchev–Trinajstić information content (AvgIpc) is 2.92. The van der Waals surface area contributed by atoms with Gasteiger partial charge in [0.15, 0.2) is 0 Å². The molecule has 1 aromatic rings. The molecule has 0 amide bonds. The van der Waals surface area contributed by atoms with Crippen LogP contribution in [0.25, 0.3) is 0 Å². The van der Waals surface area contributed by atoms with Crippen molar-refractivity contribution in [2.45, 2.75) is 57.1 Å². The normalized spacial score (nSPS) is 23.9. The summed E-state index contributed by atoms with van der Waals surface area (Å²) in [4.78, 5) is 15.6. The number of aromatic nitrogens is 2. The Morgan fingerprint density at radius 2 is 2.14 bits per heavy atom. The van der Waals surface area contributed by atoms with E-state index in [1.165, 1.54) is 0 Å². The number of carboxylic acid groups (broad SMARTS) is 1. The van der Waals surface area contributed by atoms with Crippen molar-refractivity contribution < 1.29 is 15.0 Å². The Labute approximate surface area is 125 Å². The standard InChI is InChI=1S/C15H25N3O3/c16-7-1-2-11(15(20)21)8-12-9-18(10-17-12)13-3-5-14(19)6-4-13/h9-11,13-14,19H,1-8,16H2,(H,20,21)/t11?,13-,14+. The van der Waals surface area contributed by atoms with Crippen molar-refractivity contribution in [2.75, 3.05) is 6.54 Å². The van der Waals surface area contributed by atoms with Gasteiger partial charge in [-0.2, -0.15) is 0 Å². The summed E-state index contributed by atoms with van der Waals surface area (Å²) in [6.07, 6.45) is 8.90. The molecule has 1 atom stereocenters. The summed E-state index contributed by atoms with van der Waals surface area (Å²) in [7, 11) is 0. The van der Waals surface area contributed by atoms with Gasteiger partial charge in [0.05, 0.1) is 24.0 Å². The molecular formula is C15H25N3O3. The summed E-state index contributed by atoms with van der Waals surface area (Å²) in [5.41, 5.74) is 6.27. The Balaban J connectivity index is 1.93. The first kappa shape index (κ1) is 16.0. The number of aliphatic hydroxyl groups is 1. The molecule has 0 saturated heterocycles. The number of rotatable bonds is 7. The molecule has 1 fully saturated rings. The van der Waals surface area contributed by atoms with Crippen LogP contribution in [-0.4, -0.2) is 38.4 Å². The number of carboxylic acids is 1. The van der Waals surface area contributed by atoms with Crippen LogP contribution in [0.1, 0.15) is 50.3 Å². The molecule has 118 valence electrons. The van der Waals surface area contributed by atoms with Crippen molar-refractivity contribution in [2.24, 2.45) is 11.7 Å². The maximum absolute atomic E-state index is 11.3. The third-order valence-corrected chi connectivity index (χ3v) is 4.30. The van der Waals surface area contributed by atoms with Gasteiger partial charge in [-0.1, -0.05) is 0 Å². The first-order valence-corrected chi connectivity index (χ1v) is 7.73. The van der Waals surface area contributed by atoms with Crippen LogP contribution < -0.4 is 5.73 Å². The number of nitrogens with two attached hydrogens (primary N) is 1. The van der Waals surface area contributed by atoms with E-state index in [0.717, 1.165) is 37.8 Å². The zero-order valence-electron chi connectivity index (χ0n) is 12.3. The Hall–Kier alpha value is -1.40. The summed E-state index contributed by atoms with van der Waals surface area (Å²) in [5, 5.41) is 18.8. The van der Waals surface area contributed by atoms with Crippen LogP contribution >= 0.6 is 0 Å². The van der Waals surface area contributed by atoms with Gasteiger partial charge in [-0.05, 0) is 45.1 Å². The van der Waals surface area contributed by atoms with E-state index in [4.69, 9.17) is 5.73 Å². The highest BCUT2D eigenvalue weighted by Crippen LogP contribution is 2.28. The highest BCUT2D eigenvalue weighted by molar-refractivity contribution is 5.70. The number of imidazole rings is 1. The van der Waals surface area contributed by atoms with Gasteiger partial charge >= 0.3 is 5.97 Å². The molecule has 0 aliphatic heterocycles. The molecule has 1 aliphatic rings. The molecule has 6 heteroatoms. The highest BCUT2D eigenvalue weighted by atomic mass is 16.4. The topological polar surface area (TPSA) is 101 Å². The molecule has 1 aromatic heterocycles. The van der Waals surface area contributed by atoms with E-state index in [1.54, 1.807) is 6.33 Å². The number of aliphatic hydroxyl groups excluding tert-OH is 1. The molecule has 1 saturated carbocycles. The minimum atomic E-state index is -0.779. The van der Waals surface area contributed by atoms with Crippen LogP contribution in [0.5, 0.6) is 0 Å². The highest BCUT2D eigenvalue weighted by Gasteiger charge is 2.22. The Morgan fingerprint density at radius 1 is 1.43 bits per heavy atom. The zero-order valence-corrected chi connectivity index (χ0v) is 12.3. The largest absolute Gasteiger partial charge is 0.481 e. The van der Waals surface area contributed by atoms with Gasteiger partial charge < -0.3 is 20.5 Å². The minimum Gasteiger partial charge on any atom is -0.481 e. The van der Waals surface area contributed by atoms with Gasteiger partial charge in [-0.3, -0.25) is 4.79 Å². The van der Waals surface area contributed by atoms with Gasteiger partial charge in [-0.25, -0.2) is 4.98 Å². The van der Waals surface area contributed by atoms with Crippen LogP contribution in [0, 0.1) is 5.92 Å². The van der Waals surface area contributed by atoms with Gasteiger partial charge in [0.1, 0.15) is 0 Å². The average molecular weight is 295 g/mol. The molecule has 4 N–H and O–H groups in total. The molecule has 1 aliphatic carbocycles. The van der Waals surface area contributed by atoms with E-state index in [0.29, 0.717) is 25.4 Å². The Bertz CT molecular complexity index is 453. The van der Waals surface area contributed by atoms with Crippen molar-refractivity contribution >= 4 is 5.97 Å². The van der Waals surface area contributed by atoms with Crippen molar-refractivity contribution in [1.82, 2.24) is 9.55 Å². The molecule has 0 spiro atoms. The molecule has 0 aromatic carbocycles. The van der Waals surface area contributed by atoms with Crippen LogP contribution in [0.3, 0.4) is 0 Å². The van der Waals surface area contributed by atoms with Crippen LogP contribution in [0.4, 0.5) is 0 Å². The first-order chi connectivity index (χ1) is 10.1. The number of hydrogen-bond acceptors (Lipinski definition) is 4. The van der Waals surface area contributed by atoms with E-state index in [1.807, 2.05) is 6.20 Å². The lowest BCUT2D eigenvalue weighted by Crippen LogP contribution is -2.20. The SMILES string of the molecule is NCCCC(Cc1cn([C@H]2CC[C@@H](O)CC2)cn1)C(=O)O. The van der Waals surface area contributed by atoms with Gasteiger partial charge in [0, 0.05) is 18.7 Å². The maximum atomic E-state index is 11.3. The zero-order chi connectivity index (χ0) is 15.2. The van der Waals surface area contributed by atoms with E-state index in [2.05, 4.69) is 9.55 Å². The van der Waals surface area contributed by atoms with Crippen LogP contribution in [0.2, 0.25) is 0 Å². The fourth-order valence-electron chi connectivity index (χ4n) is 2.97. The predicted molar refractivity (Wildman–Crippen MR) is 78.9 cm³/mol. The van der Waals surface area contributed by atoms with Crippen molar-refractivity contribution in [3.63, 3.8) is 0 Å². The second kappa shape index (κ2) is 7.56. The summed E-state index contributed by atoms with van der Waals surface area (Å²) in [6.45, 7) is 0.516. The van der Waals surface area contributed by atoms with E-state index < -0.39 is 11.9 Å². The predicted octanol–water partition coefficient (Wildman–Crippen LogP) is 1.34. The van der Waals surface area contributed by atoms with Crippen LogP contribution in [-0.2, 0) is 11.2 Å². The second-order valence-electron chi connectivity index (χ2n) is 5.94. The molecule has 1 heterocycles. The molecular weight excluding hydrogens is 270 g/mol. The van der Waals surface area contributed by atoms with E-state index in [9.17, 15) is 15.0 Å². The molecule has 0 radical (unpaired) electrons. The van der Waals surface area contributed by atoms with E-state index >= 15 is 0 Å². The smallest absolute Gasteiger partial charge is 0.306 e. The molecule has 1 unspecified atom stereocenters. The number of hydrogen-bond donors (Lipinski definition) is 3. The summed E-state index contributed by atoms with van der Waals surface area (Å²) in [5.74, 6) is -1.19. The first-order valence-electron chi connectivity index (χ1n) is 7.73. The molecule has 2 rings (SSSR count). The third kappa shape index (κ3) is 4.54. The third-order valence-electron chi connectivity index (χ3n) is 4.30. The molecule has 0 bridgehead atoms. The summed E-state index contributed by atoms with van der Waals surface area (Å²) < 4.78 is 2.07. The minimum absolute atomic E-state index is 0.170. The second-order valence-corrected chi connectivity index (χ2v) is 5.94. The summed E-state index contributed by atoms with van der Waals surface area (Å²) >= 11 is 0. The fraction of sp³-hybridized carbons (Fsp3) is 0.733. The van der Waals surface area contributed by atoms with Gasteiger partial charge in [0.25, 0.3) is 0 Å². The lowest BCUT2D eigenvalue weighted by molar-refractivity contribution is -0.142. The van der Waals surface area contributed by atoms with E-state index in [-0.39, 0.29) is 6.10 Å².